The zero-order valence-electron chi connectivity index (χ0n) is 13.7. The van der Waals surface area contributed by atoms with Gasteiger partial charge in [0.05, 0.1) is 22.7 Å². The van der Waals surface area contributed by atoms with Gasteiger partial charge in [-0.1, -0.05) is 17.7 Å². The Balaban J connectivity index is 0.00000243. The Hall–Kier alpha value is -3.29. The van der Waals surface area contributed by atoms with Gasteiger partial charge in [0.1, 0.15) is 28.0 Å². The lowest BCUT2D eigenvalue weighted by molar-refractivity contribution is 0.461. The standard InChI is InChI=1S/C18H17ClN4O2.H2O/c19-18-16(24-10-4-6-12(20)14(22)8-10)2-1-3-17(18)25-11-5-7-13(21)15(23)9-11;/h1-9H,20-23H2;1H2. The first kappa shape index (κ1) is 19.0. The van der Waals surface area contributed by atoms with Gasteiger partial charge in [0.2, 0.25) is 0 Å². The number of nitrogen functional groups attached to an aromatic ring is 4. The Morgan fingerprint density at radius 1 is 0.615 bits per heavy atom. The molecule has 0 fully saturated rings. The van der Waals surface area contributed by atoms with Crippen LogP contribution in [0.1, 0.15) is 0 Å². The van der Waals surface area contributed by atoms with E-state index in [2.05, 4.69) is 0 Å². The Morgan fingerprint density at radius 2 is 1.04 bits per heavy atom. The van der Waals surface area contributed by atoms with E-state index in [4.69, 9.17) is 44.0 Å². The molecule has 7 nitrogen and oxygen atoms in total. The number of benzene rings is 3. The summed E-state index contributed by atoms with van der Waals surface area (Å²) in [5, 5.41) is 0.313. The third-order valence-electron chi connectivity index (χ3n) is 3.50. The highest BCUT2D eigenvalue weighted by atomic mass is 35.5. The van der Waals surface area contributed by atoms with Crippen molar-refractivity contribution in [3.8, 4) is 23.0 Å². The van der Waals surface area contributed by atoms with Crippen molar-refractivity contribution < 1.29 is 14.9 Å². The molecule has 10 N–H and O–H groups in total. The Bertz CT molecular complexity index is 863. The summed E-state index contributed by atoms with van der Waals surface area (Å²) in [7, 11) is 0. The lowest BCUT2D eigenvalue weighted by Crippen LogP contribution is -1.96. The fourth-order valence-electron chi connectivity index (χ4n) is 2.13. The van der Waals surface area contributed by atoms with Crippen molar-refractivity contribution in [1.82, 2.24) is 0 Å². The van der Waals surface area contributed by atoms with Gasteiger partial charge in [-0.2, -0.15) is 0 Å². The molecule has 0 aliphatic heterocycles. The quantitative estimate of drug-likeness (QED) is 0.513. The molecule has 0 spiro atoms. The third-order valence-corrected chi connectivity index (χ3v) is 3.87. The van der Waals surface area contributed by atoms with Crippen LogP contribution in [0.4, 0.5) is 22.7 Å². The molecule has 0 atom stereocenters. The number of rotatable bonds is 4. The summed E-state index contributed by atoms with van der Waals surface area (Å²) in [5.41, 5.74) is 24.8. The molecule has 3 rings (SSSR count). The fourth-order valence-corrected chi connectivity index (χ4v) is 2.34. The Morgan fingerprint density at radius 3 is 1.42 bits per heavy atom. The minimum atomic E-state index is 0. The number of nitrogens with two attached hydrogens (primary N) is 4. The van der Waals surface area contributed by atoms with Crippen LogP contribution in [0.3, 0.4) is 0 Å². The van der Waals surface area contributed by atoms with Crippen molar-refractivity contribution in [2.75, 3.05) is 22.9 Å². The second-order valence-electron chi connectivity index (χ2n) is 5.35. The van der Waals surface area contributed by atoms with Gasteiger partial charge < -0.3 is 37.9 Å². The SMILES string of the molecule is Nc1ccc(Oc2cccc(Oc3ccc(N)c(N)c3)c2Cl)cc1N.O. The molecule has 0 radical (unpaired) electrons. The highest BCUT2D eigenvalue weighted by molar-refractivity contribution is 6.33. The maximum atomic E-state index is 6.39. The third kappa shape index (κ3) is 4.02. The van der Waals surface area contributed by atoms with Crippen LogP contribution < -0.4 is 32.4 Å². The number of ether oxygens (including phenoxy) is 2. The second kappa shape index (κ2) is 7.73. The van der Waals surface area contributed by atoms with Crippen molar-refractivity contribution in [2.24, 2.45) is 0 Å². The van der Waals surface area contributed by atoms with Crippen molar-refractivity contribution in [3.05, 3.63) is 59.6 Å². The summed E-state index contributed by atoms with van der Waals surface area (Å²) < 4.78 is 11.5. The van der Waals surface area contributed by atoms with Crippen molar-refractivity contribution >= 4 is 34.4 Å². The summed E-state index contributed by atoms with van der Waals surface area (Å²) in [6, 6.07) is 15.2. The van der Waals surface area contributed by atoms with E-state index < -0.39 is 0 Å². The van der Waals surface area contributed by atoms with Gasteiger partial charge in [0, 0.05) is 12.1 Å². The molecular formula is C18H19ClN4O3. The number of hydrogen-bond acceptors (Lipinski definition) is 6. The topological polar surface area (TPSA) is 154 Å². The molecule has 0 saturated carbocycles. The predicted molar refractivity (Wildman–Crippen MR) is 106 cm³/mol. The molecule has 3 aromatic carbocycles. The highest BCUT2D eigenvalue weighted by Crippen LogP contribution is 2.39. The highest BCUT2D eigenvalue weighted by Gasteiger charge is 2.11. The van der Waals surface area contributed by atoms with Crippen LogP contribution in [0.5, 0.6) is 23.0 Å². The van der Waals surface area contributed by atoms with Gasteiger partial charge in [-0.15, -0.1) is 0 Å². The van der Waals surface area contributed by atoms with Crippen molar-refractivity contribution in [2.45, 2.75) is 0 Å². The van der Waals surface area contributed by atoms with Gasteiger partial charge in [0.25, 0.3) is 0 Å². The zero-order chi connectivity index (χ0) is 18.0. The van der Waals surface area contributed by atoms with Gasteiger partial charge in [-0.3, -0.25) is 0 Å². The van der Waals surface area contributed by atoms with Crippen molar-refractivity contribution in [3.63, 3.8) is 0 Å². The smallest absolute Gasteiger partial charge is 0.149 e. The molecular weight excluding hydrogens is 356 g/mol. The summed E-state index contributed by atoms with van der Waals surface area (Å²) >= 11 is 6.39. The maximum Gasteiger partial charge on any atom is 0.149 e. The van der Waals surface area contributed by atoms with E-state index in [1.807, 2.05) is 0 Å². The average Bonchev–Trinajstić information content (AvgIpc) is 2.58. The molecule has 0 aromatic heterocycles. The van der Waals surface area contributed by atoms with E-state index in [0.717, 1.165) is 0 Å². The van der Waals surface area contributed by atoms with E-state index in [1.54, 1.807) is 54.6 Å². The fraction of sp³-hybridized carbons (Fsp3) is 0. The molecule has 0 unspecified atom stereocenters. The van der Waals surface area contributed by atoms with E-state index in [-0.39, 0.29) is 5.48 Å². The first-order valence-corrected chi connectivity index (χ1v) is 7.76. The van der Waals surface area contributed by atoms with Crippen LogP contribution >= 0.6 is 11.6 Å². The molecule has 0 saturated heterocycles. The maximum absolute atomic E-state index is 6.39. The number of anilines is 4. The molecule has 0 amide bonds. The summed E-state index contributed by atoms with van der Waals surface area (Å²) in [4.78, 5) is 0. The average molecular weight is 375 g/mol. The van der Waals surface area contributed by atoms with Crippen molar-refractivity contribution in [1.29, 1.82) is 0 Å². The first-order valence-electron chi connectivity index (χ1n) is 7.38. The van der Waals surface area contributed by atoms with Crippen LogP contribution in [0, 0.1) is 0 Å². The first-order chi connectivity index (χ1) is 11.9. The minimum absolute atomic E-state index is 0. The largest absolute Gasteiger partial charge is 0.456 e. The molecule has 136 valence electrons. The zero-order valence-corrected chi connectivity index (χ0v) is 14.5. The lowest BCUT2D eigenvalue weighted by Gasteiger charge is -2.13. The van der Waals surface area contributed by atoms with Gasteiger partial charge >= 0.3 is 0 Å². The van der Waals surface area contributed by atoms with E-state index in [9.17, 15) is 0 Å². The van der Waals surface area contributed by atoms with Crippen LogP contribution in [-0.2, 0) is 0 Å². The molecule has 0 aliphatic rings. The summed E-state index contributed by atoms with van der Waals surface area (Å²) in [6.45, 7) is 0. The van der Waals surface area contributed by atoms with Gasteiger partial charge in [0.15, 0.2) is 0 Å². The monoisotopic (exact) mass is 374 g/mol. The normalized spacial score (nSPS) is 10.0. The Labute approximate surface area is 155 Å². The Kier molecular flexibility index (Phi) is 5.66. The lowest BCUT2D eigenvalue weighted by atomic mass is 10.2. The van der Waals surface area contributed by atoms with Crippen LogP contribution in [0.15, 0.2) is 54.6 Å². The van der Waals surface area contributed by atoms with Crippen LogP contribution in [-0.4, -0.2) is 5.48 Å². The molecule has 3 aromatic rings. The predicted octanol–water partition coefficient (Wildman–Crippen LogP) is 3.43. The van der Waals surface area contributed by atoms with E-state index >= 15 is 0 Å². The summed E-state index contributed by atoms with van der Waals surface area (Å²) in [5.74, 6) is 1.88. The van der Waals surface area contributed by atoms with Crippen LogP contribution in [0.2, 0.25) is 5.02 Å². The summed E-state index contributed by atoms with van der Waals surface area (Å²) in [6.07, 6.45) is 0. The molecule has 0 heterocycles. The molecule has 26 heavy (non-hydrogen) atoms. The number of hydrogen-bond donors (Lipinski definition) is 4. The second-order valence-corrected chi connectivity index (χ2v) is 5.73. The molecule has 0 bridgehead atoms. The van der Waals surface area contributed by atoms with E-state index in [0.29, 0.717) is 50.8 Å². The molecule has 0 aliphatic carbocycles. The minimum Gasteiger partial charge on any atom is -0.456 e. The number of halogens is 1. The van der Waals surface area contributed by atoms with Crippen LogP contribution in [0.25, 0.3) is 0 Å². The van der Waals surface area contributed by atoms with Gasteiger partial charge in [-0.05, 0) is 36.4 Å². The molecule has 8 heteroatoms. The van der Waals surface area contributed by atoms with E-state index in [1.165, 1.54) is 0 Å². The van der Waals surface area contributed by atoms with Gasteiger partial charge in [-0.25, -0.2) is 0 Å².